The van der Waals surface area contributed by atoms with Crippen molar-refractivity contribution in [2.24, 2.45) is 11.7 Å². The zero-order valence-corrected chi connectivity index (χ0v) is 10.9. The summed E-state index contributed by atoms with van der Waals surface area (Å²) in [6.45, 7) is 6.68. The summed E-state index contributed by atoms with van der Waals surface area (Å²) in [7, 11) is 0. The van der Waals surface area contributed by atoms with Crippen LogP contribution >= 0.6 is 11.3 Å². The predicted octanol–water partition coefficient (Wildman–Crippen LogP) is 3.62. The summed E-state index contributed by atoms with van der Waals surface area (Å²) in [5.41, 5.74) is 6.07. The van der Waals surface area contributed by atoms with E-state index in [1.807, 2.05) is 11.3 Å². The second kappa shape index (κ2) is 6.29. The van der Waals surface area contributed by atoms with Gasteiger partial charge in [0.1, 0.15) is 0 Å². The first-order chi connectivity index (χ1) is 7.11. The van der Waals surface area contributed by atoms with Gasteiger partial charge in [-0.3, -0.25) is 0 Å². The molecule has 1 nitrogen and oxygen atoms in total. The minimum absolute atomic E-state index is 0.372. The lowest BCUT2D eigenvalue weighted by atomic mass is 10.0. The summed E-state index contributed by atoms with van der Waals surface area (Å²) in [5, 5.41) is 0. The fourth-order valence-electron chi connectivity index (χ4n) is 1.80. The molecule has 0 aliphatic heterocycles. The van der Waals surface area contributed by atoms with Crippen LogP contribution in [0.5, 0.6) is 0 Å². The molecule has 0 saturated carbocycles. The maximum absolute atomic E-state index is 6.07. The number of thiophene rings is 1. The van der Waals surface area contributed by atoms with Crippen LogP contribution in [0, 0.1) is 5.92 Å². The van der Waals surface area contributed by atoms with Crippen molar-refractivity contribution in [2.45, 2.75) is 52.5 Å². The number of hydrogen-bond donors (Lipinski definition) is 1. The number of rotatable bonds is 6. The Labute approximate surface area is 97.7 Å². The van der Waals surface area contributed by atoms with Gasteiger partial charge in [0.2, 0.25) is 0 Å². The van der Waals surface area contributed by atoms with Crippen LogP contribution in [0.3, 0.4) is 0 Å². The van der Waals surface area contributed by atoms with Crippen molar-refractivity contribution in [2.75, 3.05) is 0 Å². The van der Waals surface area contributed by atoms with Crippen LogP contribution in [-0.4, -0.2) is 6.04 Å². The quantitative estimate of drug-likeness (QED) is 0.786. The minimum Gasteiger partial charge on any atom is -0.328 e. The number of aryl methyl sites for hydroxylation is 2. The molecule has 0 spiro atoms. The molecule has 2 N–H and O–H groups in total. The highest BCUT2D eigenvalue weighted by atomic mass is 32.1. The third kappa shape index (κ3) is 4.80. The Kier molecular flexibility index (Phi) is 5.34. The summed E-state index contributed by atoms with van der Waals surface area (Å²) >= 11 is 1.94. The highest BCUT2D eigenvalue weighted by Gasteiger charge is 2.06. The van der Waals surface area contributed by atoms with Crippen molar-refractivity contribution in [3.05, 3.63) is 21.9 Å². The predicted molar refractivity (Wildman–Crippen MR) is 69.4 cm³/mol. The van der Waals surface area contributed by atoms with E-state index >= 15 is 0 Å². The molecule has 1 heterocycles. The molecule has 1 aromatic heterocycles. The van der Waals surface area contributed by atoms with Crippen LogP contribution in [0.25, 0.3) is 0 Å². The highest BCUT2D eigenvalue weighted by Crippen LogP contribution is 2.19. The molecule has 0 aromatic carbocycles. The first kappa shape index (κ1) is 12.7. The Hall–Kier alpha value is -0.340. The van der Waals surface area contributed by atoms with Gasteiger partial charge in [-0.1, -0.05) is 20.8 Å². The maximum Gasteiger partial charge on any atom is 0.00487 e. The van der Waals surface area contributed by atoms with Crippen LogP contribution in [0.1, 0.15) is 43.4 Å². The standard InChI is InChI=1S/C13H23NS/c1-4-12-7-8-13(15-12)6-5-11(14)9-10(2)3/h7-8,10-11H,4-6,9,14H2,1-3H3. The van der Waals surface area contributed by atoms with Crippen LogP contribution in [0.4, 0.5) is 0 Å². The fraction of sp³-hybridized carbons (Fsp3) is 0.692. The van der Waals surface area contributed by atoms with E-state index in [0.717, 1.165) is 31.6 Å². The van der Waals surface area contributed by atoms with Crippen LogP contribution < -0.4 is 5.73 Å². The molecule has 0 radical (unpaired) electrons. The molecule has 1 aromatic rings. The summed E-state index contributed by atoms with van der Waals surface area (Å²) in [6.07, 6.45) is 4.58. The molecule has 0 amide bonds. The molecule has 0 fully saturated rings. The monoisotopic (exact) mass is 225 g/mol. The van der Waals surface area contributed by atoms with E-state index < -0.39 is 0 Å². The lowest BCUT2D eigenvalue weighted by Gasteiger charge is -2.12. The van der Waals surface area contributed by atoms with Gasteiger partial charge in [0.15, 0.2) is 0 Å². The first-order valence-corrected chi connectivity index (χ1v) is 6.76. The Morgan fingerprint density at radius 3 is 2.47 bits per heavy atom. The fourth-order valence-corrected chi connectivity index (χ4v) is 2.77. The number of nitrogens with two attached hydrogens (primary N) is 1. The van der Waals surface area contributed by atoms with Crippen molar-refractivity contribution in [1.82, 2.24) is 0 Å². The molecule has 0 bridgehead atoms. The molecule has 1 unspecified atom stereocenters. The molecular formula is C13H23NS. The Bertz CT molecular complexity index is 278. The molecular weight excluding hydrogens is 202 g/mol. The lowest BCUT2D eigenvalue weighted by Crippen LogP contribution is -2.22. The summed E-state index contributed by atoms with van der Waals surface area (Å²) in [6, 6.07) is 4.87. The largest absolute Gasteiger partial charge is 0.328 e. The summed E-state index contributed by atoms with van der Waals surface area (Å²) < 4.78 is 0. The van der Waals surface area contributed by atoms with Crippen molar-refractivity contribution in [3.63, 3.8) is 0 Å². The van der Waals surface area contributed by atoms with E-state index in [1.165, 1.54) is 9.75 Å². The van der Waals surface area contributed by atoms with Crippen LogP contribution in [0.15, 0.2) is 12.1 Å². The molecule has 15 heavy (non-hydrogen) atoms. The number of hydrogen-bond acceptors (Lipinski definition) is 2. The van der Waals surface area contributed by atoms with E-state index in [9.17, 15) is 0 Å². The molecule has 86 valence electrons. The minimum atomic E-state index is 0.372. The van der Waals surface area contributed by atoms with E-state index in [0.29, 0.717) is 6.04 Å². The zero-order valence-electron chi connectivity index (χ0n) is 10.1. The lowest BCUT2D eigenvalue weighted by molar-refractivity contribution is 0.474. The third-order valence-electron chi connectivity index (χ3n) is 2.60. The molecule has 0 aliphatic carbocycles. The van der Waals surface area contributed by atoms with Gasteiger partial charge in [-0.25, -0.2) is 0 Å². The van der Waals surface area contributed by atoms with Gasteiger partial charge in [-0.05, 0) is 43.7 Å². The zero-order chi connectivity index (χ0) is 11.3. The summed E-state index contributed by atoms with van der Waals surface area (Å²) in [5.74, 6) is 0.717. The molecule has 0 aliphatic rings. The second-order valence-corrected chi connectivity index (χ2v) is 5.90. The SMILES string of the molecule is CCc1ccc(CCC(N)CC(C)C)s1. The van der Waals surface area contributed by atoms with Gasteiger partial charge < -0.3 is 5.73 Å². The Balaban J connectivity index is 2.30. The maximum atomic E-state index is 6.07. The van der Waals surface area contributed by atoms with E-state index in [1.54, 1.807) is 0 Å². The summed E-state index contributed by atoms with van der Waals surface area (Å²) in [4.78, 5) is 2.98. The van der Waals surface area contributed by atoms with Crippen molar-refractivity contribution in [1.29, 1.82) is 0 Å². The first-order valence-electron chi connectivity index (χ1n) is 5.95. The Morgan fingerprint density at radius 1 is 1.27 bits per heavy atom. The Morgan fingerprint density at radius 2 is 1.93 bits per heavy atom. The van der Waals surface area contributed by atoms with Crippen LogP contribution in [-0.2, 0) is 12.8 Å². The topological polar surface area (TPSA) is 26.0 Å². The van der Waals surface area contributed by atoms with E-state index in [-0.39, 0.29) is 0 Å². The van der Waals surface area contributed by atoms with Gasteiger partial charge in [-0.2, -0.15) is 0 Å². The van der Waals surface area contributed by atoms with Gasteiger partial charge in [0, 0.05) is 15.8 Å². The van der Waals surface area contributed by atoms with Crippen molar-refractivity contribution in [3.8, 4) is 0 Å². The molecule has 0 saturated heterocycles. The van der Waals surface area contributed by atoms with E-state index in [4.69, 9.17) is 5.73 Å². The third-order valence-corrected chi connectivity index (χ3v) is 3.89. The average Bonchev–Trinajstić information content (AvgIpc) is 2.61. The molecule has 1 rings (SSSR count). The van der Waals surface area contributed by atoms with E-state index in [2.05, 4.69) is 32.9 Å². The molecule has 1 atom stereocenters. The van der Waals surface area contributed by atoms with Gasteiger partial charge >= 0.3 is 0 Å². The highest BCUT2D eigenvalue weighted by molar-refractivity contribution is 7.11. The van der Waals surface area contributed by atoms with Gasteiger partial charge in [0.25, 0.3) is 0 Å². The smallest absolute Gasteiger partial charge is 0.00487 e. The van der Waals surface area contributed by atoms with Crippen LogP contribution in [0.2, 0.25) is 0 Å². The van der Waals surface area contributed by atoms with Gasteiger partial charge in [0.05, 0.1) is 0 Å². The normalized spacial score (nSPS) is 13.4. The average molecular weight is 225 g/mol. The second-order valence-electron chi connectivity index (χ2n) is 4.65. The van der Waals surface area contributed by atoms with Crippen molar-refractivity contribution < 1.29 is 0 Å². The van der Waals surface area contributed by atoms with Gasteiger partial charge in [-0.15, -0.1) is 11.3 Å². The molecule has 2 heteroatoms. The van der Waals surface area contributed by atoms with Crippen molar-refractivity contribution >= 4 is 11.3 Å².